The van der Waals surface area contributed by atoms with E-state index in [1.165, 1.54) is 34.6 Å². The van der Waals surface area contributed by atoms with Crippen molar-refractivity contribution in [2.75, 3.05) is 39.5 Å². The first-order valence-electron chi connectivity index (χ1n) is 9.41. The minimum atomic E-state index is -3.92. The number of hydrogen-bond donors (Lipinski definition) is 0. The van der Waals surface area contributed by atoms with Crippen LogP contribution in [0.15, 0.2) is 41.3 Å². The van der Waals surface area contributed by atoms with Crippen LogP contribution in [0.2, 0.25) is 10.0 Å². The van der Waals surface area contributed by atoms with Gasteiger partial charge >= 0.3 is 5.97 Å². The second-order valence-electron chi connectivity index (χ2n) is 6.57. The molecule has 0 atom stereocenters. The SMILES string of the molecule is O=C(OCCCOc1ccc(F)cc1)c1cc(S(=O)(=O)N2CCOCC2)c(Cl)cc1Cl. The molecule has 1 heterocycles. The van der Waals surface area contributed by atoms with Crippen molar-refractivity contribution in [1.82, 2.24) is 4.31 Å². The van der Waals surface area contributed by atoms with Crippen molar-refractivity contribution in [3.05, 3.63) is 57.8 Å². The molecule has 1 aliphatic heterocycles. The third-order valence-electron chi connectivity index (χ3n) is 4.43. The molecule has 0 saturated carbocycles. The van der Waals surface area contributed by atoms with Gasteiger partial charge in [-0.25, -0.2) is 17.6 Å². The topological polar surface area (TPSA) is 82.1 Å². The molecule has 1 aliphatic rings. The summed E-state index contributed by atoms with van der Waals surface area (Å²) in [4.78, 5) is 12.2. The molecule has 0 N–H and O–H groups in total. The predicted octanol–water partition coefficient (Wildman–Crippen LogP) is 3.78. The minimum absolute atomic E-state index is 0.0153. The first kappa shape index (κ1) is 23.7. The fourth-order valence-electron chi connectivity index (χ4n) is 2.83. The summed E-state index contributed by atoms with van der Waals surface area (Å²) in [7, 11) is -3.92. The third kappa shape index (κ3) is 6.08. The van der Waals surface area contributed by atoms with Crippen LogP contribution in [-0.4, -0.2) is 58.2 Å². The third-order valence-corrected chi connectivity index (χ3v) is 7.11. The Labute approximate surface area is 189 Å². The Hall–Kier alpha value is -1.91. The van der Waals surface area contributed by atoms with Gasteiger partial charge in [0.2, 0.25) is 10.0 Å². The normalized spacial score (nSPS) is 14.9. The molecule has 0 radical (unpaired) electrons. The molecule has 0 amide bonds. The van der Waals surface area contributed by atoms with Crippen molar-refractivity contribution in [3.63, 3.8) is 0 Å². The zero-order valence-corrected chi connectivity index (χ0v) is 18.7. The fraction of sp³-hybridized carbons (Fsp3) is 0.350. The largest absolute Gasteiger partial charge is 0.493 e. The summed E-state index contributed by atoms with van der Waals surface area (Å²) in [6.45, 7) is 1.19. The molecule has 1 saturated heterocycles. The summed E-state index contributed by atoms with van der Waals surface area (Å²) in [5, 5.41) is -0.0979. The van der Waals surface area contributed by atoms with Crippen molar-refractivity contribution < 1.29 is 31.8 Å². The van der Waals surface area contributed by atoms with E-state index in [9.17, 15) is 17.6 Å². The zero-order chi connectivity index (χ0) is 22.4. The van der Waals surface area contributed by atoms with E-state index < -0.39 is 16.0 Å². The van der Waals surface area contributed by atoms with E-state index in [2.05, 4.69) is 0 Å². The first-order chi connectivity index (χ1) is 14.8. The second-order valence-corrected chi connectivity index (χ2v) is 9.29. The maximum atomic E-state index is 12.9. The van der Waals surface area contributed by atoms with E-state index in [0.717, 1.165) is 6.07 Å². The molecule has 0 bridgehead atoms. The number of carbonyl (C=O) groups is 1. The Balaban J connectivity index is 1.61. The van der Waals surface area contributed by atoms with Gasteiger partial charge in [0, 0.05) is 19.5 Å². The van der Waals surface area contributed by atoms with Crippen LogP contribution in [-0.2, 0) is 19.5 Å². The summed E-state index contributed by atoms with van der Waals surface area (Å²) in [6, 6.07) is 7.88. The summed E-state index contributed by atoms with van der Waals surface area (Å²) in [5.41, 5.74) is -0.0997. The molecule has 0 spiro atoms. The van der Waals surface area contributed by atoms with Gasteiger partial charge in [0.1, 0.15) is 16.5 Å². The van der Waals surface area contributed by atoms with Crippen molar-refractivity contribution in [1.29, 1.82) is 0 Å². The van der Waals surface area contributed by atoms with Gasteiger partial charge in [0.15, 0.2) is 0 Å². The Kier molecular flexibility index (Phi) is 8.12. The van der Waals surface area contributed by atoms with Crippen LogP contribution in [0.3, 0.4) is 0 Å². The van der Waals surface area contributed by atoms with E-state index in [4.69, 9.17) is 37.4 Å². The molecule has 7 nitrogen and oxygen atoms in total. The Morgan fingerprint density at radius 2 is 1.74 bits per heavy atom. The molecule has 0 aromatic heterocycles. The van der Waals surface area contributed by atoms with Crippen LogP contribution in [0, 0.1) is 5.82 Å². The Bertz CT molecular complexity index is 1030. The van der Waals surface area contributed by atoms with E-state index in [0.29, 0.717) is 12.2 Å². The highest BCUT2D eigenvalue weighted by atomic mass is 35.5. The smallest absolute Gasteiger partial charge is 0.339 e. The lowest BCUT2D eigenvalue weighted by Crippen LogP contribution is -2.40. The first-order valence-corrected chi connectivity index (χ1v) is 11.6. The summed E-state index contributed by atoms with van der Waals surface area (Å²) in [5.74, 6) is -0.649. The maximum Gasteiger partial charge on any atom is 0.339 e. The van der Waals surface area contributed by atoms with Gasteiger partial charge in [0.05, 0.1) is 42.0 Å². The highest BCUT2D eigenvalue weighted by Crippen LogP contribution is 2.31. The average Bonchev–Trinajstić information content (AvgIpc) is 2.75. The number of morpholine rings is 1. The van der Waals surface area contributed by atoms with Gasteiger partial charge in [-0.2, -0.15) is 4.31 Å². The van der Waals surface area contributed by atoms with Crippen LogP contribution in [0.25, 0.3) is 0 Å². The van der Waals surface area contributed by atoms with Crippen molar-refractivity contribution in [2.24, 2.45) is 0 Å². The molecule has 2 aromatic carbocycles. The molecule has 168 valence electrons. The number of carbonyl (C=O) groups excluding carboxylic acids is 1. The number of hydrogen-bond acceptors (Lipinski definition) is 6. The van der Waals surface area contributed by atoms with Gasteiger partial charge in [-0.05, 0) is 36.4 Å². The van der Waals surface area contributed by atoms with Gasteiger partial charge in [-0.15, -0.1) is 0 Å². The standard InChI is InChI=1S/C20H20Cl2FNO6S/c21-17-13-18(22)19(31(26,27)24-6-10-28-11-7-24)12-16(17)20(25)30-9-1-8-29-15-4-2-14(23)3-5-15/h2-5,12-13H,1,6-11H2. The number of esters is 1. The van der Waals surface area contributed by atoms with Gasteiger partial charge in [0.25, 0.3) is 0 Å². The van der Waals surface area contributed by atoms with Crippen LogP contribution in [0.5, 0.6) is 5.75 Å². The quantitative estimate of drug-likeness (QED) is 0.412. The number of sulfonamides is 1. The molecular weight excluding hydrogens is 472 g/mol. The van der Waals surface area contributed by atoms with E-state index in [1.807, 2.05) is 0 Å². The number of halogens is 3. The lowest BCUT2D eigenvalue weighted by molar-refractivity contribution is 0.0486. The van der Waals surface area contributed by atoms with Crippen LogP contribution in [0.1, 0.15) is 16.8 Å². The van der Waals surface area contributed by atoms with Crippen LogP contribution >= 0.6 is 23.2 Å². The maximum absolute atomic E-state index is 12.9. The van der Waals surface area contributed by atoms with E-state index >= 15 is 0 Å². The molecule has 1 fully saturated rings. The number of nitrogens with zero attached hydrogens (tertiary/aromatic N) is 1. The molecule has 2 aromatic rings. The molecule has 11 heteroatoms. The fourth-order valence-corrected chi connectivity index (χ4v) is 5.06. The molecule has 0 unspecified atom stereocenters. The predicted molar refractivity (Wildman–Crippen MR) is 113 cm³/mol. The van der Waals surface area contributed by atoms with E-state index in [1.54, 1.807) is 0 Å². The molecule has 31 heavy (non-hydrogen) atoms. The van der Waals surface area contributed by atoms with Crippen LogP contribution < -0.4 is 4.74 Å². The van der Waals surface area contributed by atoms with Crippen molar-refractivity contribution in [3.8, 4) is 5.75 Å². The van der Waals surface area contributed by atoms with Crippen molar-refractivity contribution >= 4 is 39.2 Å². The molecular formula is C20H20Cl2FNO6S. The number of ether oxygens (including phenoxy) is 3. The Morgan fingerprint density at radius 1 is 1.06 bits per heavy atom. The number of rotatable bonds is 8. The minimum Gasteiger partial charge on any atom is -0.493 e. The lowest BCUT2D eigenvalue weighted by atomic mass is 10.2. The van der Waals surface area contributed by atoms with Gasteiger partial charge in [-0.3, -0.25) is 0 Å². The second kappa shape index (κ2) is 10.6. The average molecular weight is 492 g/mol. The Morgan fingerprint density at radius 3 is 2.42 bits per heavy atom. The van der Waals surface area contributed by atoms with Crippen LogP contribution in [0.4, 0.5) is 4.39 Å². The number of benzene rings is 2. The van der Waals surface area contributed by atoms with E-state index in [-0.39, 0.29) is 65.8 Å². The summed E-state index contributed by atoms with van der Waals surface area (Å²) < 4.78 is 55.7. The lowest BCUT2D eigenvalue weighted by Gasteiger charge is -2.26. The zero-order valence-electron chi connectivity index (χ0n) is 16.4. The monoisotopic (exact) mass is 491 g/mol. The molecule has 0 aliphatic carbocycles. The van der Waals surface area contributed by atoms with Gasteiger partial charge < -0.3 is 14.2 Å². The summed E-state index contributed by atoms with van der Waals surface area (Å²) >= 11 is 12.2. The highest BCUT2D eigenvalue weighted by Gasteiger charge is 2.30. The molecule has 3 rings (SSSR count). The van der Waals surface area contributed by atoms with Gasteiger partial charge in [-0.1, -0.05) is 23.2 Å². The summed E-state index contributed by atoms with van der Waals surface area (Å²) in [6.07, 6.45) is 0.368. The van der Waals surface area contributed by atoms with Crippen molar-refractivity contribution in [2.45, 2.75) is 11.3 Å². The highest BCUT2D eigenvalue weighted by molar-refractivity contribution is 7.89.